The summed E-state index contributed by atoms with van der Waals surface area (Å²) in [5, 5.41) is 27.9. The Kier molecular flexibility index (Phi) is 7.76. The molecule has 1 aromatic carbocycles. The molecule has 35 heavy (non-hydrogen) atoms. The predicted octanol–water partition coefficient (Wildman–Crippen LogP) is 2.17. The predicted molar refractivity (Wildman–Crippen MR) is 135 cm³/mol. The van der Waals surface area contributed by atoms with Crippen LogP contribution in [0.1, 0.15) is 56.7 Å². The van der Waals surface area contributed by atoms with Crippen LogP contribution < -0.4 is 5.73 Å². The summed E-state index contributed by atoms with van der Waals surface area (Å²) in [6.07, 6.45) is 5.20. The molecule has 9 heteroatoms. The van der Waals surface area contributed by atoms with E-state index in [-0.39, 0.29) is 30.8 Å². The molecular weight excluding hydrogens is 446 g/mol. The molecule has 3 heterocycles. The summed E-state index contributed by atoms with van der Waals surface area (Å²) in [5.41, 5.74) is 8.68. The Labute approximate surface area is 206 Å². The van der Waals surface area contributed by atoms with Crippen LogP contribution >= 0.6 is 0 Å². The summed E-state index contributed by atoms with van der Waals surface area (Å²) in [4.78, 5) is 29.1. The number of carbonyl (C=O) groups excluding carboxylic acids is 1. The number of aryl methyl sites for hydroxylation is 2. The van der Waals surface area contributed by atoms with E-state index in [4.69, 9.17) is 11.1 Å². The summed E-state index contributed by atoms with van der Waals surface area (Å²) in [6.45, 7) is 4.00. The Morgan fingerprint density at radius 2 is 1.97 bits per heavy atom. The summed E-state index contributed by atoms with van der Waals surface area (Å²) >= 11 is 0. The molecule has 9 nitrogen and oxygen atoms in total. The molecule has 2 saturated heterocycles. The van der Waals surface area contributed by atoms with Gasteiger partial charge in [-0.15, -0.1) is 0 Å². The molecule has 2 aromatic rings. The molecule has 2 fully saturated rings. The second kappa shape index (κ2) is 10.8. The Morgan fingerprint density at radius 3 is 2.66 bits per heavy atom. The first-order valence-corrected chi connectivity index (χ1v) is 12.7. The third-order valence-corrected chi connectivity index (χ3v) is 7.68. The third kappa shape index (κ3) is 5.06. The van der Waals surface area contributed by atoms with E-state index in [9.17, 15) is 19.8 Å². The molecule has 1 amide bonds. The molecule has 2 aliphatic rings. The smallest absolute Gasteiger partial charge is 0.321 e. The average Bonchev–Trinajstić information content (AvgIpc) is 3.57. The van der Waals surface area contributed by atoms with E-state index in [1.54, 1.807) is 4.90 Å². The van der Waals surface area contributed by atoms with E-state index >= 15 is 0 Å². The second-order valence-corrected chi connectivity index (χ2v) is 9.70. The van der Waals surface area contributed by atoms with Gasteiger partial charge < -0.3 is 25.4 Å². The minimum atomic E-state index is -0.975. The number of amidine groups is 1. The van der Waals surface area contributed by atoms with Gasteiger partial charge in [0.1, 0.15) is 11.9 Å². The van der Waals surface area contributed by atoms with Crippen molar-refractivity contribution in [1.29, 1.82) is 5.41 Å². The highest BCUT2D eigenvalue weighted by Gasteiger charge is 2.42. The summed E-state index contributed by atoms with van der Waals surface area (Å²) in [5.74, 6) is -0.879. The molecule has 1 unspecified atom stereocenters. The fourth-order valence-electron chi connectivity index (χ4n) is 5.97. The number of aromatic nitrogens is 1. The number of hydrogen-bond acceptors (Lipinski definition) is 5. The van der Waals surface area contributed by atoms with Crippen molar-refractivity contribution in [2.45, 2.75) is 76.5 Å². The standard InChI is InChI=1S/C26H37N5O4/c1-2-29-20(15-17-7-8-18(24(27)28)16-23(17)29)10-9-19-5-3-12-30(19)25(33)21-6-4-13-31(21)22(11-14-32)26(34)35/h7-8,15-16,19,21-22,32H,2-6,9-14H2,1H3,(H3,27,28)(H,34,35)/t19-,21+,22?/m0/s1. The lowest BCUT2D eigenvalue weighted by atomic mass is 10.0. The Bertz CT molecular complexity index is 1100. The van der Waals surface area contributed by atoms with Gasteiger partial charge in [0.25, 0.3) is 0 Å². The normalized spacial score (nSPS) is 21.6. The maximum atomic E-state index is 13.6. The summed E-state index contributed by atoms with van der Waals surface area (Å²) in [7, 11) is 0. The number of benzene rings is 1. The Hall–Kier alpha value is -2.91. The second-order valence-electron chi connectivity index (χ2n) is 9.70. The highest BCUT2D eigenvalue weighted by Crippen LogP contribution is 2.30. The number of carboxylic acids is 1. The number of aliphatic carboxylic acids is 1. The van der Waals surface area contributed by atoms with Crippen LogP contribution in [0.3, 0.4) is 0 Å². The van der Waals surface area contributed by atoms with Gasteiger partial charge >= 0.3 is 5.97 Å². The number of carboxylic acid groups (broad SMARTS) is 1. The Morgan fingerprint density at radius 1 is 1.20 bits per heavy atom. The van der Waals surface area contributed by atoms with Crippen molar-refractivity contribution in [2.75, 3.05) is 19.7 Å². The number of rotatable bonds is 10. The molecule has 0 bridgehead atoms. The summed E-state index contributed by atoms with van der Waals surface area (Å²) in [6, 6.07) is 6.94. The SMILES string of the molecule is CCn1c(CC[C@@H]2CCCN2C(=O)[C@H]2CCCN2C(CCO)C(=O)O)cc2ccc(C(=N)N)cc21. The number of hydrogen-bond donors (Lipinski definition) is 4. The molecule has 0 spiro atoms. The van der Waals surface area contributed by atoms with Crippen molar-refractivity contribution in [1.82, 2.24) is 14.4 Å². The molecule has 4 rings (SSSR count). The van der Waals surface area contributed by atoms with Crippen LogP contribution in [0.5, 0.6) is 0 Å². The highest BCUT2D eigenvalue weighted by molar-refractivity contribution is 5.98. The van der Waals surface area contributed by atoms with Crippen LogP contribution in [-0.2, 0) is 22.6 Å². The van der Waals surface area contributed by atoms with Crippen LogP contribution in [0.15, 0.2) is 24.3 Å². The zero-order chi connectivity index (χ0) is 25.1. The van der Waals surface area contributed by atoms with Crippen molar-refractivity contribution >= 4 is 28.6 Å². The fourth-order valence-corrected chi connectivity index (χ4v) is 5.97. The van der Waals surface area contributed by atoms with Gasteiger partial charge in [0.05, 0.1) is 6.04 Å². The molecule has 0 saturated carbocycles. The third-order valence-electron chi connectivity index (χ3n) is 7.68. The number of amides is 1. The Balaban J connectivity index is 1.48. The number of nitrogens with zero attached hydrogens (tertiary/aromatic N) is 3. The minimum Gasteiger partial charge on any atom is -0.480 e. The monoisotopic (exact) mass is 483 g/mol. The first-order chi connectivity index (χ1) is 16.8. The van der Waals surface area contributed by atoms with E-state index in [2.05, 4.69) is 17.6 Å². The van der Waals surface area contributed by atoms with E-state index in [0.29, 0.717) is 25.1 Å². The first-order valence-electron chi connectivity index (χ1n) is 12.7. The van der Waals surface area contributed by atoms with Gasteiger partial charge in [-0.2, -0.15) is 0 Å². The number of likely N-dealkylation sites (tertiary alicyclic amines) is 2. The average molecular weight is 484 g/mol. The molecule has 3 atom stereocenters. The van der Waals surface area contributed by atoms with Gasteiger partial charge in [0.15, 0.2) is 0 Å². The van der Waals surface area contributed by atoms with Crippen molar-refractivity contribution in [3.63, 3.8) is 0 Å². The summed E-state index contributed by atoms with van der Waals surface area (Å²) < 4.78 is 2.26. The van der Waals surface area contributed by atoms with Crippen LogP contribution in [0, 0.1) is 5.41 Å². The van der Waals surface area contributed by atoms with E-state index in [0.717, 1.165) is 49.6 Å². The number of nitrogens with one attached hydrogen (secondary N) is 1. The fraction of sp³-hybridized carbons (Fsp3) is 0.577. The molecule has 2 aliphatic heterocycles. The lowest BCUT2D eigenvalue weighted by Gasteiger charge is -2.34. The van der Waals surface area contributed by atoms with Crippen molar-refractivity contribution in [3.05, 3.63) is 35.5 Å². The van der Waals surface area contributed by atoms with Gasteiger partial charge in [0.2, 0.25) is 5.91 Å². The van der Waals surface area contributed by atoms with Crippen LogP contribution in [-0.4, -0.2) is 80.1 Å². The largest absolute Gasteiger partial charge is 0.480 e. The molecule has 0 aliphatic carbocycles. The van der Waals surface area contributed by atoms with Crippen molar-refractivity contribution < 1.29 is 19.8 Å². The van der Waals surface area contributed by atoms with Gasteiger partial charge in [-0.05, 0) is 75.9 Å². The zero-order valence-electron chi connectivity index (χ0n) is 20.4. The van der Waals surface area contributed by atoms with Gasteiger partial charge in [-0.3, -0.25) is 19.9 Å². The number of nitrogens with two attached hydrogens (primary N) is 1. The van der Waals surface area contributed by atoms with E-state index in [1.807, 2.05) is 23.1 Å². The number of carbonyl (C=O) groups is 2. The topological polar surface area (TPSA) is 136 Å². The molecule has 5 N–H and O–H groups in total. The van der Waals surface area contributed by atoms with Gasteiger partial charge in [-0.1, -0.05) is 12.1 Å². The number of fused-ring (bicyclic) bond motifs is 1. The van der Waals surface area contributed by atoms with Crippen molar-refractivity contribution in [2.24, 2.45) is 5.73 Å². The van der Waals surface area contributed by atoms with Crippen molar-refractivity contribution in [3.8, 4) is 0 Å². The number of nitrogen functional groups attached to an aromatic ring is 1. The van der Waals surface area contributed by atoms with E-state index in [1.165, 1.54) is 5.69 Å². The number of aliphatic hydroxyl groups excluding tert-OH is 1. The quantitative estimate of drug-likeness (QED) is 0.302. The maximum absolute atomic E-state index is 13.6. The molecule has 190 valence electrons. The van der Waals surface area contributed by atoms with Crippen LogP contribution in [0.4, 0.5) is 0 Å². The zero-order valence-corrected chi connectivity index (χ0v) is 20.4. The van der Waals surface area contributed by atoms with Gasteiger partial charge in [-0.25, -0.2) is 0 Å². The molecular formula is C26H37N5O4. The molecule has 1 aromatic heterocycles. The molecule has 0 radical (unpaired) electrons. The lowest BCUT2D eigenvalue weighted by molar-refractivity contribution is -0.147. The maximum Gasteiger partial charge on any atom is 0.321 e. The number of aliphatic hydroxyl groups is 1. The highest BCUT2D eigenvalue weighted by atomic mass is 16.4. The minimum absolute atomic E-state index is 0.0383. The first kappa shape index (κ1) is 25.2. The lowest BCUT2D eigenvalue weighted by Crippen LogP contribution is -2.52. The van der Waals surface area contributed by atoms with Gasteiger partial charge in [0, 0.05) is 42.5 Å². The van der Waals surface area contributed by atoms with Crippen LogP contribution in [0.25, 0.3) is 10.9 Å². The van der Waals surface area contributed by atoms with Crippen LogP contribution in [0.2, 0.25) is 0 Å². The van der Waals surface area contributed by atoms with E-state index < -0.39 is 18.1 Å².